The van der Waals surface area contributed by atoms with E-state index in [4.69, 9.17) is 11.6 Å². The standard InChI is InChI=1S/C17H16ClN3O2/c1-10(9-22)19-16-12-7-6-11(18)8-14(12)20-17(21-16)13-4-2-3-5-15(13)23/h2-8,10,22-23H,9H2,1H3,(H,19,20,21). The highest BCUT2D eigenvalue weighted by Crippen LogP contribution is 2.31. The van der Waals surface area contributed by atoms with E-state index in [0.717, 1.165) is 5.39 Å². The number of aliphatic hydroxyl groups is 1. The van der Waals surface area contributed by atoms with Gasteiger partial charge in [-0.05, 0) is 37.3 Å². The Hall–Kier alpha value is -2.37. The summed E-state index contributed by atoms with van der Waals surface area (Å²) in [6, 6.07) is 12.1. The third-order valence-corrected chi connectivity index (χ3v) is 3.70. The normalized spacial score (nSPS) is 12.3. The highest BCUT2D eigenvalue weighted by atomic mass is 35.5. The third-order valence-electron chi connectivity index (χ3n) is 3.46. The van der Waals surface area contributed by atoms with Crippen LogP contribution in [0, 0.1) is 0 Å². The van der Waals surface area contributed by atoms with Crippen LogP contribution in [0.15, 0.2) is 42.5 Å². The van der Waals surface area contributed by atoms with Gasteiger partial charge in [0.15, 0.2) is 5.82 Å². The SMILES string of the molecule is CC(CO)Nc1nc(-c2ccccc2O)nc2cc(Cl)ccc12. The molecule has 0 aliphatic heterocycles. The Morgan fingerprint density at radius 3 is 2.70 bits per heavy atom. The molecule has 5 nitrogen and oxygen atoms in total. The lowest BCUT2D eigenvalue weighted by molar-refractivity contribution is 0.281. The second-order valence-corrected chi connectivity index (χ2v) is 5.74. The fourth-order valence-electron chi connectivity index (χ4n) is 2.28. The summed E-state index contributed by atoms with van der Waals surface area (Å²) in [5, 5.41) is 23.8. The van der Waals surface area contributed by atoms with E-state index >= 15 is 0 Å². The van der Waals surface area contributed by atoms with E-state index in [9.17, 15) is 10.2 Å². The Labute approximate surface area is 138 Å². The highest BCUT2D eigenvalue weighted by molar-refractivity contribution is 6.31. The van der Waals surface area contributed by atoms with E-state index in [0.29, 0.717) is 27.7 Å². The fourth-order valence-corrected chi connectivity index (χ4v) is 2.44. The zero-order chi connectivity index (χ0) is 16.4. The van der Waals surface area contributed by atoms with E-state index in [2.05, 4.69) is 15.3 Å². The van der Waals surface area contributed by atoms with Crippen molar-refractivity contribution in [1.82, 2.24) is 9.97 Å². The van der Waals surface area contributed by atoms with Crippen LogP contribution in [0.5, 0.6) is 5.75 Å². The molecule has 0 bridgehead atoms. The molecular weight excluding hydrogens is 314 g/mol. The molecular formula is C17H16ClN3O2. The number of anilines is 1. The first kappa shape index (κ1) is 15.5. The lowest BCUT2D eigenvalue weighted by atomic mass is 10.1. The molecule has 0 spiro atoms. The third kappa shape index (κ3) is 3.21. The topological polar surface area (TPSA) is 78.3 Å². The molecule has 23 heavy (non-hydrogen) atoms. The molecule has 1 aromatic heterocycles. The summed E-state index contributed by atoms with van der Waals surface area (Å²) in [6.07, 6.45) is 0. The van der Waals surface area contributed by atoms with E-state index in [1.54, 1.807) is 30.3 Å². The quantitative estimate of drug-likeness (QED) is 0.683. The van der Waals surface area contributed by atoms with Gasteiger partial charge in [0.25, 0.3) is 0 Å². The average Bonchev–Trinajstić information content (AvgIpc) is 2.54. The second kappa shape index (κ2) is 6.40. The van der Waals surface area contributed by atoms with Gasteiger partial charge >= 0.3 is 0 Å². The van der Waals surface area contributed by atoms with Gasteiger partial charge < -0.3 is 15.5 Å². The lowest BCUT2D eigenvalue weighted by Crippen LogP contribution is -2.20. The maximum atomic E-state index is 10.0. The minimum absolute atomic E-state index is 0.0228. The maximum Gasteiger partial charge on any atom is 0.165 e. The number of benzene rings is 2. The number of hydrogen-bond acceptors (Lipinski definition) is 5. The van der Waals surface area contributed by atoms with Crippen LogP contribution < -0.4 is 5.32 Å². The molecule has 0 radical (unpaired) electrons. The molecule has 0 saturated carbocycles. The lowest BCUT2D eigenvalue weighted by Gasteiger charge is -2.15. The number of para-hydroxylation sites is 1. The number of aromatic hydroxyl groups is 1. The summed E-state index contributed by atoms with van der Waals surface area (Å²) in [4.78, 5) is 9.02. The van der Waals surface area contributed by atoms with Crippen molar-refractivity contribution in [3.8, 4) is 17.1 Å². The molecule has 3 rings (SSSR count). The van der Waals surface area contributed by atoms with E-state index in [1.165, 1.54) is 0 Å². The number of hydrogen-bond donors (Lipinski definition) is 3. The predicted molar refractivity (Wildman–Crippen MR) is 91.8 cm³/mol. The number of aromatic nitrogens is 2. The van der Waals surface area contributed by atoms with Crippen LogP contribution >= 0.6 is 11.6 Å². The second-order valence-electron chi connectivity index (χ2n) is 5.30. The summed E-state index contributed by atoms with van der Waals surface area (Å²) in [5.41, 5.74) is 1.20. The smallest absolute Gasteiger partial charge is 0.165 e. The molecule has 1 heterocycles. The van der Waals surface area contributed by atoms with Crippen LogP contribution in [0.3, 0.4) is 0 Å². The van der Waals surface area contributed by atoms with Crippen LogP contribution in [0.4, 0.5) is 5.82 Å². The number of phenolic OH excluding ortho intramolecular Hbond substituents is 1. The monoisotopic (exact) mass is 329 g/mol. The van der Waals surface area contributed by atoms with Gasteiger partial charge in [-0.1, -0.05) is 23.7 Å². The Balaban J connectivity index is 2.21. The maximum absolute atomic E-state index is 10.0. The van der Waals surface area contributed by atoms with Crippen molar-refractivity contribution in [3.05, 3.63) is 47.5 Å². The van der Waals surface area contributed by atoms with Crippen LogP contribution in [0.1, 0.15) is 6.92 Å². The summed E-state index contributed by atoms with van der Waals surface area (Å²) in [5.74, 6) is 1.09. The van der Waals surface area contributed by atoms with Gasteiger partial charge in [0.1, 0.15) is 11.6 Å². The number of phenols is 1. The van der Waals surface area contributed by atoms with Crippen molar-refractivity contribution in [2.24, 2.45) is 0 Å². The number of nitrogens with zero attached hydrogens (tertiary/aromatic N) is 2. The molecule has 2 aromatic carbocycles. The van der Waals surface area contributed by atoms with Crippen molar-refractivity contribution in [3.63, 3.8) is 0 Å². The van der Waals surface area contributed by atoms with Gasteiger partial charge in [0.05, 0.1) is 17.7 Å². The molecule has 0 amide bonds. The molecule has 0 fully saturated rings. The van der Waals surface area contributed by atoms with E-state index in [1.807, 2.05) is 19.1 Å². The van der Waals surface area contributed by atoms with Crippen LogP contribution in [0.25, 0.3) is 22.3 Å². The van der Waals surface area contributed by atoms with Gasteiger partial charge in [-0.3, -0.25) is 0 Å². The summed E-state index contributed by atoms with van der Waals surface area (Å²) >= 11 is 6.06. The van der Waals surface area contributed by atoms with Gasteiger partial charge in [-0.2, -0.15) is 0 Å². The Morgan fingerprint density at radius 1 is 1.17 bits per heavy atom. The first-order valence-corrected chi connectivity index (χ1v) is 7.59. The van der Waals surface area contributed by atoms with E-state index < -0.39 is 0 Å². The molecule has 3 aromatic rings. The minimum Gasteiger partial charge on any atom is -0.507 e. The van der Waals surface area contributed by atoms with Crippen molar-refractivity contribution in [2.45, 2.75) is 13.0 Å². The molecule has 0 aliphatic rings. The van der Waals surface area contributed by atoms with Gasteiger partial charge in [-0.25, -0.2) is 9.97 Å². The minimum atomic E-state index is -0.166. The first-order valence-electron chi connectivity index (χ1n) is 7.21. The van der Waals surface area contributed by atoms with Gasteiger partial charge in [0.2, 0.25) is 0 Å². The summed E-state index contributed by atoms with van der Waals surface area (Å²) in [6.45, 7) is 1.83. The van der Waals surface area contributed by atoms with Gasteiger partial charge in [0, 0.05) is 16.5 Å². The molecule has 0 aliphatic carbocycles. The number of fused-ring (bicyclic) bond motifs is 1. The predicted octanol–water partition coefficient (Wildman–Crippen LogP) is 3.45. The molecule has 3 N–H and O–H groups in total. The molecule has 6 heteroatoms. The van der Waals surface area contributed by atoms with Gasteiger partial charge in [-0.15, -0.1) is 0 Å². The van der Waals surface area contributed by atoms with Crippen LogP contribution in [0.2, 0.25) is 5.02 Å². The summed E-state index contributed by atoms with van der Waals surface area (Å²) in [7, 11) is 0. The molecule has 1 atom stereocenters. The number of rotatable bonds is 4. The zero-order valence-corrected chi connectivity index (χ0v) is 13.2. The van der Waals surface area contributed by atoms with E-state index in [-0.39, 0.29) is 18.4 Å². The van der Waals surface area contributed by atoms with Crippen LogP contribution in [-0.4, -0.2) is 32.8 Å². The fraction of sp³-hybridized carbons (Fsp3) is 0.176. The highest BCUT2D eigenvalue weighted by Gasteiger charge is 2.13. The molecule has 0 saturated heterocycles. The van der Waals surface area contributed by atoms with Crippen molar-refractivity contribution in [2.75, 3.05) is 11.9 Å². The van der Waals surface area contributed by atoms with Crippen LogP contribution in [-0.2, 0) is 0 Å². The molecule has 1 unspecified atom stereocenters. The summed E-state index contributed by atoms with van der Waals surface area (Å²) < 4.78 is 0. The van der Waals surface area contributed by atoms with Crippen molar-refractivity contribution >= 4 is 28.3 Å². The first-order chi connectivity index (χ1) is 11.1. The Kier molecular flexibility index (Phi) is 4.32. The average molecular weight is 330 g/mol. The zero-order valence-electron chi connectivity index (χ0n) is 12.5. The Morgan fingerprint density at radius 2 is 1.96 bits per heavy atom. The Bertz CT molecular complexity index is 854. The largest absolute Gasteiger partial charge is 0.507 e. The molecule has 118 valence electrons. The van der Waals surface area contributed by atoms with Crippen molar-refractivity contribution in [1.29, 1.82) is 0 Å². The van der Waals surface area contributed by atoms with Crippen molar-refractivity contribution < 1.29 is 10.2 Å². The number of halogens is 1. The number of nitrogens with one attached hydrogen (secondary N) is 1. The number of aliphatic hydroxyl groups excluding tert-OH is 1.